The Morgan fingerprint density at radius 2 is 2.20 bits per heavy atom. The van der Waals surface area contributed by atoms with Gasteiger partial charge in [-0.2, -0.15) is 4.39 Å². The normalized spacial score (nSPS) is 12.5. The minimum Gasteiger partial charge on any atom is -0.330 e. The average molecular weight is 216 g/mol. The molecule has 0 aliphatic heterocycles. The zero-order chi connectivity index (χ0) is 11.4. The molecule has 0 heterocycles. The Morgan fingerprint density at radius 3 is 2.73 bits per heavy atom. The summed E-state index contributed by atoms with van der Waals surface area (Å²) in [7, 11) is 0. The Morgan fingerprint density at radius 1 is 1.53 bits per heavy atom. The lowest BCUT2D eigenvalue weighted by atomic mass is 10.1. The number of nitrogens with two attached hydrogens (primary N) is 1. The maximum atomic E-state index is 13.4. The van der Waals surface area contributed by atoms with Crippen LogP contribution in [0.2, 0.25) is 0 Å². The number of hydrogen-bond donors (Lipinski definition) is 1. The van der Waals surface area contributed by atoms with Gasteiger partial charge in [-0.05, 0) is 13.0 Å². The molecule has 1 atom stereocenters. The number of benzene rings is 1. The molecular weight excluding hydrogens is 206 g/mol. The van der Waals surface area contributed by atoms with Crippen molar-refractivity contribution in [2.75, 3.05) is 6.54 Å². The van der Waals surface area contributed by atoms with Crippen LogP contribution < -0.4 is 5.73 Å². The SMILES string of the molecule is NCCC(F)c1cccc([N+](=O)[O-])c1F. The van der Waals surface area contributed by atoms with Gasteiger partial charge in [-0.3, -0.25) is 10.1 Å². The lowest BCUT2D eigenvalue weighted by Crippen LogP contribution is -2.06. The van der Waals surface area contributed by atoms with E-state index in [1.165, 1.54) is 12.1 Å². The Bertz CT molecular complexity index is 371. The second-order valence-electron chi connectivity index (χ2n) is 2.98. The predicted octanol–water partition coefficient (Wildman–Crippen LogP) is 2.09. The second-order valence-corrected chi connectivity index (χ2v) is 2.98. The number of halogens is 2. The van der Waals surface area contributed by atoms with E-state index in [-0.39, 0.29) is 18.5 Å². The van der Waals surface area contributed by atoms with Crippen molar-refractivity contribution >= 4 is 5.69 Å². The average Bonchev–Trinajstić information content (AvgIpc) is 2.17. The summed E-state index contributed by atoms with van der Waals surface area (Å²) in [6.45, 7) is 0.0588. The molecule has 82 valence electrons. The predicted molar refractivity (Wildman–Crippen MR) is 50.6 cm³/mol. The number of nitrogens with zero attached hydrogens (tertiary/aromatic N) is 1. The van der Waals surface area contributed by atoms with Crippen LogP contribution in [0.15, 0.2) is 18.2 Å². The van der Waals surface area contributed by atoms with Crippen LogP contribution in [-0.4, -0.2) is 11.5 Å². The van der Waals surface area contributed by atoms with Crippen LogP contribution in [0.5, 0.6) is 0 Å². The highest BCUT2D eigenvalue weighted by Crippen LogP contribution is 2.28. The molecule has 0 aliphatic carbocycles. The summed E-state index contributed by atoms with van der Waals surface area (Å²) in [6.07, 6.45) is -1.66. The van der Waals surface area contributed by atoms with Crippen molar-refractivity contribution in [3.63, 3.8) is 0 Å². The summed E-state index contributed by atoms with van der Waals surface area (Å²) in [5, 5.41) is 10.4. The molecule has 0 aliphatic rings. The van der Waals surface area contributed by atoms with Crippen molar-refractivity contribution in [2.24, 2.45) is 5.73 Å². The first-order valence-electron chi connectivity index (χ1n) is 4.35. The van der Waals surface area contributed by atoms with Crippen LogP contribution >= 0.6 is 0 Å². The number of hydrogen-bond acceptors (Lipinski definition) is 3. The van der Waals surface area contributed by atoms with E-state index in [1.54, 1.807) is 0 Å². The number of alkyl halides is 1. The summed E-state index contributed by atoms with van der Waals surface area (Å²) in [5.74, 6) is -1.12. The van der Waals surface area contributed by atoms with Gasteiger partial charge in [0.15, 0.2) is 0 Å². The van der Waals surface area contributed by atoms with E-state index >= 15 is 0 Å². The maximum absolute atomic E-state index is 13.4. The van der Waals surface area contributed by atoms with E-state index in [2.05, 4.69) is 0 Å². The van der Waals surface area contributed by atoms with Crippen molar-refractivity contribution in [2.45, 2.75) is 12.6 Å². The first-order valence-corrected chi connectivity index (χ1v) is 4.35. The lowest BCUT2D eigenvalue weighted by Gasteiger charge is -2.07. The van der Waals surface area contributed by atoms with Gasteiger partial charge >= 0.3 is 5.69 Å². The third-order valence-corrected chi connectivity index (χ3v) is 1.96. The van der Waals surface area contributed by atoms with Gasteiger partial charge in [0.25, 0.3) is 0 Å². The molecule has 6 heteroatoms. The number of nitro benzene ring substituents is 1. The van der Waals surface area contributed by atoms with Gasteiger partial charge in [-0.1, -0.05) is 12.1 Å². The van der Waals surface area contributed by atoms with Gasteiger partial charge in [0, 0.05) is 11.6 Å². The van der Waals surface area contributed by atoms with E-state index < -0.39 is 22.6 Å². The van der Waals surface area contributed by atoms with E-state index in [9.17, 15) is 18.9 Å². The monoisotopic (exact) mass is 216 g/mol. The molecule has 0 spiro atoms. The lowest BCUT2D eigenvalue weighted by molar-refractivity contribution is -0.387. The van der Waals surface area contributed by atoms with Gasteiger partial charge in [-0.25, -0.2) is 4.39 Å². The second kappa shape index (κ2) is 4.79. The summed E-state index contributed by atoms with van der Waals surface area (Å²) in [6, 6.07) is 3.43. The highest BCUT2D eigenvalue weighted by molar-refractivity contribution is 5.37. The van der Waals surface area contributed by atoms with Crippen LogP contribution in [0, 0.1) is 15.9 Å². The Hall–Kier alpha value is -1.56. The topological polar surface area (TPSA) is 69.2 Å². The summed E-state index contributed by atoms with van der Waals surface area (Å²) < 4.78 is 26.7. The van der Waals surface area contributed by atoms with Gasteiger partial charge in [0.2, 0.25) is 5.82 Å². The minimum absolute atomic E-state index is 0.0575. The molecule has 0 aromatic heterocycles. The van der Waals surface area contributed by atoms with Gasteiger partial charge in [-0.15, -0.1) is 0 Å². The molecule has 0 radical (unpaired) electrons. The molecule has 0 saturated heterocycles. The molecule has 1 aromatic rings. The van der Waals surface area contributed by atoms with E-state index in [0.29, 0.717) is 0 Å². The van der Waals surface area contributed by atoms with Crippen LogP contribution in [0.1, 0.15) is 18.2 Å². The Balaban J connectivity index is 3.09. The van der Waals surface area contributed by atoms with Crippen LogP contribution in [0.3, 0.4) is 0 Å². The first-order chi connectivity index (χ1) is 7.07. The third kappa shape index (κ3) is 2.47. The zero-order valence-corrected chi connectivity index (χ0v) is 7.82. The summed E-state index contributed by atoms with van der Waals surface area (Å²) >= 11 is 0. The molecule has 0 amide bonds. The highest BCUT2D eigenvalue weighted by Gasteiger charge is 2.22. The maximum Gasteiger partial charge on any atom is 0.305 e. The zero-order valence-electron chi connectivity index (χ0n) is 7.82. The van der Waals surface area contributed by atoms with Gasteiger partial charge in [0.1, 0.15) is 6.17 Å². The molecule has 1 unspecified atom stereocenters. The smallest absolute Gasteiger partial charge is 0.305 e. The molecular formula is C9H10F2N2O2. The van der Waals surface area contributed by atoms with Crippen molar-refractivity contribution in [1.29, 1.82) is 0 Å². The number of rotatable bonds is 4. The molecule has 0 fully saturated rings. The Labute approximate surface area is 84.9 Å². The van der Waals surface area contributed by atoms with Crippen LogP contribution in [-0.2, 0) is 0 Å². The van der Waals surface area contributed by atoms with E-state index in [1.807, 2.05) is 0 Å². The van der Waals surface area contributed by atoms with Crippen molar-refractivity contribution in [3.05, 3.63) is 39.7 Å². The van der Waals surface area contributed by atoms with E-state index in [4.69, 9.17) is 5.73 Å². The van der Waals surface area contributed by atoms with Gasteiger partial charge < -0.3 is 5.73 Å². The molecule has 2 N–H and O–H groups in total. The fraction of sp³-hybridized carbons (Fsp3) is 0.333. The third-order valence-electron chi connectivity index (χ3n) is 1.96. The molecule has 4 nitrogen and oxygen atoms in total. The van der Waals surface area contributed by atoms with E-state index in [0.717, 1.165) is 6.07 Å². The fourth-order valence-electron chi connectivity index (χ4n) is 1.22. The molecule has 0 bridgehead atoms. The minimum atomic E-state index is -1.60. The van der Waals surface area contributed by atoms with Gasteiger partial charge in [0.05, 0.1) is 4.92 Å². The Kier molecular flexibility index (Phi) is 3.68. The van der Waals surface area contributed by atoms with Crippen molar-refractivity contribution < 1.29 is 13.7 Å². The number of nitro groups is 1. The quantitative estimate of drug-likeness (QED) is 0.618. The fourth-order valence-corrected chi connectivity index (χ4v) is 1.22. The standard InChI is InChI=1S/C9H10F2N2O2/c10-7(4-5-12)6-2-1-3-8(9(6)11)13(14)15/h1-3,7H,4-5,12H2. The molecule has 0 saturated carbocycles. The summed E-state index contributed by atoms with van der Waals surface area (Å²) in [5.41, 5.74) is 4.09. The van der Waals surface area contributed by atoms with Crippen LogP contribution in [0.4, 0.5) is 14.5 Å². The first kappa shape index (κ1) is 11.5. The van der Waals surface area contributed by atoms with Crippen molar-refractivity contribution in [3.8, 4) is 0 Å². The molecule has 1 rings (SSSR count). The molecule has 1 aromatic carbocycles. The van der Waals surface area contributed by atoms with Crippen LogP contribution in [0.25, 0.3) is 0 Å². The highest BCUT2D eigenvalue weighted by atomic mass is 19.1. The largest absolute Gasteiger partial charge is 0.330 e. The molecule has 15 heavy (non-hydrogen) atoms. The van der Waals surface area contributed by atoms with Crippen molar-refractivity contribution in [1.82, 2.24) is 0 Å². The summed E-state index contributed by atoms with van der Waals surface area (Å²) in [4.78, 5) is 9.49.